The van der Waals surface area contributed by atoms with E-state index in [1.807, 2.05) is 30.3 Å². The Kier molecular flexibility index (Phi) is 2.15. The molecule has 0 spiro atoms. The molecule has 0 aliphatic carbocycles. The molecule has 6 heteroatoms. The third kappa shape index (κ3) is 1.54. The van der Waals surface area contributed by atoms with Crippen molar-refractivity contribution in [3.63, 3.8) is 0 Å². The van der Waals surface area contributed by atoms with Crippen molar-refractivity contribution in [2.45, 2.75) is 0 Å². The van der Waals surface area contributed by atoms with E-state index in [9.17, 15) is 0 Å². The van der Waals surface area contributed by atoms with Gasteiger partial charge in [0.15, 0.2) is 6.07 Å². The number of hydrogen-bond acceptors (Lipinski definition) is 4. The Bertz CT molecular complexity index is 1110. The van der Waals surface area contributed by atoms with Crippen LogP contribution in [0.2, 0.25) is 0 Å². The van der Waals surface area contributed by atoms with Crippen molar-refractivity contribution in [3.8, 4) is 12.1 Å². The molecule has 21 heavy (non-hydrogen) atoms. The summed E-state index contributed by atoms with van der Waals surface area (Å²) < 4.78 is 0. The Morgan fingerprint density at radius 2 is 1.95 bits per heavy atom. The van der Waals surface area contributed by atoms with Crippen molar-refractivity contribution in [2.75, 3.05) is 0 Å². The summed E-state index contributed by atoms with van der Waals surface area (Å²) in [6.45, 7) is 0. The first kappa shape index (κ1) is 11.3. The summed E-state index contributed by atoms with van der Waals surface area (Å²) in [4.78, 5) is 7.60. The predicted molar refractivity (Wildman–Crippen MR) is 74.9 cm³/mol. The Hall–Kier alpha value is -3.51. The monoisotopic (exact) mass is 271 g/mol. The van der Waals surface area contributed by atoms with Gasteiger partial charge in [0.05, 0.1) is 17.1 Å². The van der Waals surface area contributed by atoms with Crippen LogP contribution < -0.4 is 4.98 Å². The quantitative estimate of drug-likeness (QED) is 0.492. The minimum absolute atomic E-state index is 0.242. The molecule has 0 radical (unpaired) electrons. The van der Waals surface area contributed by atoms with Gasteiger partial charge in [-0.2, -0.15) is 20.6 Å². The summed E-state index contributed by atoms with van der Waals surface area (Å²) in [5.41, 5.74) is 3.68. The first-order valence-corrected chi connectivity index (χ1v) is 6.23. The minimum Gasteiger partial charge on any atom is -0.276 e. The number of nitrogens with one attached hydrogen (secondary N) is 2. The highest BCUT2D eigenvalue weighted by atomic mass is 15.1. The van der Waals surface area contributed by atoms with Crippen molar-refractivity contribution in [1.82, 2.24) is 15.2 Å². The third-order valence-corrected chi connectivity index (χ3v) is 3.47. The molecule has 0 aliphatic heterocycles. The summed E-state index contributed by atoms with van der Waals surface area (Å²) >= 11 is 0. The number of aromatic amines is 2. The number of fused-ring (bicyclic) bond motifs is 4. The summed E-state index contributed by atoms with van der Waals surface area (Å²) in [5, 5.41) is 26.9. The number of rotatable bonds is 0. The second kappa shape index (κ2) is 3.99. The van der Waals surface area contributed by atoms with Crippen molar-refractivity contribution < 1.29 is 4.98 Å². The lowest BCUT2D eigenvalue weighted by Gasteiger charge is -2.00. The molecule has 3 aromatic heterocycles. The van der Waals surface area contributed by atoms with Crippen LogP contribution in [0.15, 0.2) is 30.5 Å². The summed E-state index contributed by atoms with van der Waals surface area (Å²) in [6.07, 6.45) is 1.66. The smallest absolute Gasteiger partial charge is 0.276 e. The standard InChI is InChI=1S/C15H6N6/c16-5-10-3-8-1-2-9-4-11-13(7-18-21-11)20-15(9)14(8)19-12(10)6-17/h1-4,7H,(H,18,21)/p+1. The van der Waals surface area contributed by atoms with E-state index in [1.165, 1.54) is 0 Å². The number of H-pyrrole nitrogens is 2. The Labute approximate surface area is 118 Å². The maximum Gasteiger partial charge on any atom is 0.300 e. The van der Waals surface area contributed by atoms with Crippen LogP contribution in [0.25, 0.3) is 32.8 Å². The highest BCUT2D eigenvalue weighted by Gasteiger charge is 2.16. The van der Waals surface area contributed by atoms with Gasteiger partial charge in [0.1, 0.15) is 22.7 Å². The topological polar surface area (TPSA) is 103 Å². The highest BCUT2D eigenvalue weighted by molar-refractivity contribution is 6.04. The van der Waals surface area contributed by atoms with E-state index in [1.54, 1.807) is 12.3 Å². The number of pyridine rings is 2. The van der Waals surface area contributed by atoms with Gasteiger partial charge in [-0.1, -0.05) is 6.07 Å². The van der Waals surface area contributed by atoms with E-state index in [2.05, 4.69) is 20.2 Å². The molecule has 2 N–H and O–H groups in total. The molecular weight excluding hydrogens is 264 g/mol. The maximum atomic E-state index is 9.15. The molecule has 0 fully saturated rings. The summed E-state index contributed by atoms with van der Waals surface area (Å²) in [6, 6.07) is 11.5. The molecule has 0 atom stereocenters. The van der Waals surface area contributed by atoms with Gasteiger partial charge < -0.3 is 0 Å². The molecule has 0 bridgehead atoms. The summed E-state index contributed by atoms with van der Waals surface area (Å²) in [7, 11) is 0. The molecule has 96 valence electrons. The van der Waals surface area contributed by atoms with E-state index < -0.39 is 0 Å². The van der Waals surface area contributed by atoms with Gasteiger partial charge in [-0.3, -0.25) is 5.10 Å². The van der Waals surface area contributed by atoms with E-state index in [-0.39, 0.29) is 5.69 Å². The number of nitrogens with zero attached hydrogens (tertiary/aromatic N) is 4. The molecule has 0 saturated heterocycles. The average molecular weight is 271 g/mol. The molecule has 0 saturated carbocycles. The number of hydrogen-bond donors (Lipinski definition) is 1. The lowest BCUT2D eigenvalue weighted by molar-refractivity contribution is -0.348. The predicted octanol–water partition coefficient (Wildman–Crippen LogP) is 1.82. The lowest BCUT2D eigenvalue weighted by atomic mass is 10.1. The van der Waals surface area contributed by atoms with Crippen LogP contribution >= 0.6 is 0 Å². The Balaban J connectivity index is 2.22. The molecule has 4 aromatic rings. The fourth-order valence-electron chi connectivity index (χ4n) is 2.47. The minimum atomic E-state index is 0.242. The highest BCUT2D eigenvalue weighted by Crippen LogP contribution is 2.24. The molecule has 6 nitrogen and oxygen atoms in total. The molecule has 0 aliphatic rings. The van der Waals surface area contributed by atoms with Gasteiger partial charge in [0.2, 0.25) is 5.52 Å². The van der Waals surface area contributed by atoms with Crippen molar-refractivity contribution in [2.24, 2.45) is 0 Å². The van der Waals surface area contributed by atoms with E-state index in [0.717, 1.165) is 32.8 Å². The van der Waals surface area contributed by atoms with Gasteiger partial charge >= 0.3 is 0 Å². The van der Waals surface area contributed by atoms with E-state index >= 15 is 0 Å². The molecule has 4 rings (SSSR count). The van der Waals surface area contributed by atoms with Gasteiger partial charge in [-0.05, 0) is 18.2 Å². The van der Waals surface area contributed by atoms with Crippen molar-refractivity contribution in [1.29, 1.82) is 10.5 Å². The van der Waals surface area contributed by atoms with Gasteiger partial charge in [0.25, 0.3) is 5.69 Å². The number of nitriles is 2. The Morgan fingerprint density at radius 1 is 1.10 bits per heavy atom. The zero-order valence-corrected chi connectivity index (χ0v) is 10.7. The van der Waals surface area contributed by atoms with E-state index in [0.29, 0.717) is 5.56 Å². The number of aromatic nitrogens is 4. The number of benzene rings is 1. The molecular formula is C15H7N6+. The van der Waals surface area contributed by atoms with Crippen LogP contribution in [0.3, 0.4) is 0 Å². The second-order valence-corrected chi connectivity index (χ2v) is 4.67. The Morgan fingerprint density at radius 3 is 2.76 bits per heavy atom. The van der Waals surface area contributed by atoms with Crippen LogP contribution in [0.5, 0.6) is 0 Å². The largest absolute Gasteiger partial charge is 0.300 e. The zero-order chi connectivity index (χ0) is 14.4. The maximum absolute atomic E-state index is 9.15. The fraction of sp³-hybridized carbons (Fsp3) is 0. The first-order chi connectivity index (χ1) is 10.3. The van der Waals surface area contributed by atoms with Gasteiger partial charge in [0, 0.05) is 5.39 Å². The van der Waals surface area contributed by atoms with Crippen molar-refractivity contribution in [3.05, 3.63) is 41.7 Å². The normalized spacial score (nSPS) is 10.8. The van der Waals surface area contributed by atoms with Crippen LogP contribution in [0, 0.1) is 22.7 Å². The van der Waals surface area contributed by atoms with Gasteiger partial charge in [-0.25, -0.2) is 4.98 Å². The molecule has 0 unspecified atom stereocenters. The SMILES string of the molecule is N#Cc1cc2ccc3cc4[nH]ncc4nc3c2[nH+]c1C#N. The average Bonchev–Trinajstić information content (AvgIpc) is 2.98. The molecule has 3 heterocycles. The van der Waals surface area contributed by atoms with E-state index in [4.69, 9.17) is 10.5 Å². The summed E-state index contributed by atoms with van der Waals surface area (Å²) in [5.74, 6) is 0. The van der Waals surface area contributed by atoms with Crippen LogP contribution in [-0.2, 0) is 0 Å². The first-order valence-electron chi connectivity index (χ1n) is 6.23. The molecule has 0 amide bonds. The second-order valence-electron chi connectivity index (χ2n) is 4.67. The lowest BCUT2D eigenvalue weighted by Crippen LogP contribution is -2.12. The van der Waals surface area contributed by atoms with Crippen LogP contribution in [0.4, 0.5) is 0 Å². The third-order valence-electron chi connectivity index (χ3n) is 3.47. The molecule has 1 aromatic carbocycles. The van der Waals surface area contributed by atoms with Gasteiger partial charge in [-0.15, -0.1) is 0 Å². The van der Waals surface area contributed by atoms with Crippen LogP contribution in [-0.4, -0.2) is 15.2 Å². The van der Waals surface area contributed by atoms with Crippen LogP contribution in [0.1, 0.15) is 11.3 Å². The zero-order valence-electron chi connectivity index (χ0n) is 10.7. The fourth-order valence-corrected chi connectivity index (χ4v) is 2.47. The van der Waals surface area contributed by atoms with Crippen molar-refractivity contribution >= 4 is 32.8 Å².